The van der Waals surface area contributed by atoms with E-state index in [0.717, 1.165) is 16.7 Å². The number of nitrogens with zero attached hydrogens (tertiary/aromatic N) is 5. The van der Waals surface area contributed by atoms with E-state index in [1.165, 1.54) is 30.2 Å². The third kappa shape index (κ3) is 5.69. The zero-order chi connectivity index (χ0) is 38.9. The average Bonchev–Trinajstić information content (AvgIpc) is 3.55. The predicted molar refractivity (Wildman–Crippen MR) is 205 cm³/mol. The summed E-state index contributed by atoms with van der Waals surface area (Å²) in [7, 11) is 5.39. The summed E-state index contributed by atoms with van der Waals surface area (Å²) in [5.74, 6) is -6.20. The Hall–Kier alpha value is -5.88. The van der Waals surface area contributed by atoms with Gasteiger partial charge in [-0.15, -0.1) is 0 Å². The molecule has 4 aromatic rings. The number of imide groups is 2. The lowest BCUT2D eigenvalue weighted by molar-refractivity contribution is -0.131. The number of amides is 4. The summed E-state index contributed by atoms with van der Waals surface area (Å²) in [6, 6.07) is 22.6. The van der Waals surface area contributed by atoms with Gasteiger partial charge in [-0.05, 0) is 111 Å². The minimum absolute atomic E-state index is 0.0996. The van der Waals surface area contributed by atoms with E-state index in [2.05, 4.69) is 10.2 Å². The number of rotatable bonds is 7. The molecule has 6 unspecified atom stereocenters. The Morgan fingerprint density at radius 2 is 1.49 bits per heavy atom. The lowest BCUT2D eigenvalue weighted by Gasteiger charge is -2.49. The van der Waals surface area contributed by atoms with Gasteiger partial charge in [-0.1, -0.05) is 23.3 Å². The number of methoxy groups -OCH3 is 1. The lowest BCUT2D eigenvalue weighted by Crippen LogP contribution is -2.48. The Morgan fingerprint density at radius 3 is 2.13 bits per heavy atom. The first-order valence-corrected chi connectivity index (χ1v) is 18.3. The molecule has 13 heteroatoms. The summed E-state index contributed by atoms with van der Waals surface area (Å²) in [6.07, 6.45) is 2.22. The molecule has 2 saturated heterocycles. The molecule has 1 N–H and O–H groups in total. The van der Waals surface area contributed by atoms with Gasteiger partial charge in [-0.3, -0.25) is 24.1 Å². The van der Waals surface area contributed by atoms with Gasteiger partial charge in [-0.25, -0.2) is 9.29 Å². The second-order valence-corrected chi connectivity index (χ2v) is 15.2. The van der Waals surface area contributed by atoms with E-state index in [1.807, 2.05) is 49.3 Å². The molecule has 2 heterocycles. The van der Waals surface area contributed by atoms with E-state index in [4.69, 9.17) is 16.3 Å². The number of ether oxygens (including phenoxy) is 1. The van der Waals surface area contributed by atoms with Crippen LogP contribution in [0, 0.1) is 34.9 Å². The van der Waals surface area contributed by atoms with E-state index in [0.29, 0.717) is 33.9 Å². The molecule has 1 saturated carbocycles. The fraction of sp³-hybridized carbons (Fsp3) is 0.286. The fourth-order valence-corrected chi connectivity index (χ4v) is 9.15. The molecule has 0 bridgehead atoms. The Bertz CT molecular complexity index is 2330. The lowest BCUT2D eigenvalue weighted by atomic mass is 9.51. The predicted octanol–water partition coefficient (Wildman–Crippen LogP) is 8.11. The van der Waals surface area contributed by atoms with Crippen LogP contribution in [-0.4, -0.2) is 49.9 Å². The van der Waals surface area contributed by atoms with Crippen molar-refractivity contribution in [3.8, 4) is 11.5 Å². The van der Waals surface area contributed by atoms with Crippen molar-refractivity contribution in [1.29, 1.82) is 0 Å². The number of phenolic OH excluding ortho intramolecular Hbond substituents is 1. The van der Waals surface area contributed by atoms with Crippen LogP contribution in [0.5, 0.6) is 11.5 Å². The largest absolute Gasteiger partial charge is 0.508 e. The number of benzene rings is 4. The highest BCUT2D eigenvalue weighted by molar-refractivity contribution is 6.32. The SMILES string of the molecule is COc1ccc(O)c(C2C3=CCC4C(=O)N(c5ccc(N=Nc6ccc(N(C)C)cc6)cc5)C(=O)C4C3CC3C(=O)N(c4ccc(F)c(Cl)c4)C(=O)C32C)c1. The normalized spacial score (nSPS) is 25.9. The molecule has 2 aliphatic carbocycles. The zero-order valence-corrected chi connectivity index (χ0v) is 31.2. The number of phenols is 1. The number of hydrogen-bond donors (Lipinski definition) is 1. The zero-order valence-electron chi connectivity index (χ0n) is 30.4. The number of allylic oxidation sites excluding steroid dienone is 2. The quantitative estimate of drug-likeness (QED) is 0.114. The number of azo groups is 1. The van der Waals surface area contributed by atoms with Crippen LogP contribution in [0.15, 0.2) is 107 Å². The van der Waals surface area contributed by atoms with Gasteiger partial charge in [0.05, 0.1) is 58.1 Å². The summed E-state index contributed by atoms with van der Waals surface area (Å²) in [5.41, 5.74) is 2.35. The summed E-state index contributed by atoms with van der Waals surface area (Å²) < 4.78 is 19.7. The molecular weight excluding hydrogens is 725 g/mol. The van der Waals surface area contributed by atoms with Crippen molar-refractivity contribution in [2.75, 3.05) is 35.9 Å². The van der Waals surface area contributed by atoms with E-state index in [-0.39, 0.29) is 35.2 Å². The second kappa shape index (κ2) is 13.5. The number of carbonyl (C=O) groups is 4. The monoisotopic (exact) mass is 761 g/mol. The second-order valence-electron chi connectivity index (χ2n) is 14.8. The first-order valence-electron chi connectivity index (χ1n) is 17.9. The van der Waals surface area contributed by atoms with E-state index in [9.17, 15) is 28.7 Å². The van der Waals surface area contributed by atoms with Gasteiger partial charge in [0.15, 0.2) is 0 Å². The van der Waals surface area contributed by atoms with Crippen molar-refractivity contribution < 1.29 is 33.4 Å². The van der Waals surface area contributed by atoms with Crippen LogP contribution in [0.4, 0.5) is 32.8 Å². The van der Waals surface area contributed by atoms with Crippen molar-refractivity contribution in [3.05, 3.63) is 113 Å². The number of hydrogen-bond acceptors (Lipinski definition) is 9. The van der Waals surface area contributed by atoms with Gasteiger partial charge >= 0.3 is 0 Å². The topological polar surface area (TPSA) is 132 Å². The molecule has 8 rings (SSSR count). The van der Waals surface area contributed by atoms with E-state index < -0.39 is 58.5 Å². The molecule has 0 spiro atoms. The molecule has 2 aliphatic heterocycles. The molecule has 4 amide bonds. The summed E-state index contributed by atoms with van der Waals surface area (Å²) in [4.78, 5) is 61.9. The maximum absolute atomic E-state index is 14.6. The summed E-state index contributed by atoms with van der Waals surface area (Å²) in [5, 5.41) is 19.7. The first kappa shape index (κ1) is 36.1. The van der Waals surface area contributed by atoms with Crippen molar-refractivity contribution in [2.24, 2.45) is 39.3 Å². The molecule has 4 aromatic carbocycles. The molecule has 0 radical (unpaired) electrons. The maximum atomic E-state index is 14.6. The molecule has 3 fully saturated rings. The smallest absolute Gasteiger partial charge is 0.241 e. The Labute approximate surface area is 321 Å². The van der Waals surface area contributed by atoms with Crippen molar-refractivity contribution in [2.45, 2.75) is 25.7 Å². The number of anilines is 3. The Morgan fingerprint density at radius 1 is 0.836 bits per heavy atom. The van der Waals surface area contributed by atoms with Gasteiger partial charge < -0.3 is 14.7 Å². The average molecular weight is 762 g/mol. The number of aromatic hydroxyl groups is 1. The molecule has 4 aliphatic rings. The molecular formula is C42H37ClFN5O6. The number of carbonyl (C=O) groups excluding carboxylic acids is 4. The molecule has 0 aromatic heterocycles. The fourth-order valence-electron chi connectivity index (χ4n) is 8.98. The highest BCUT2D eigenvalue weighted by atomic mass is 35.5. The molecule has 6 atom stereocenters. The van der Waals surface area contributed by atoms with Crippen molar-refractivity contribution in [3.63, 3.8) is 0 Å². The Balaban J connectivity index is 1.14. The van der Waals surface area contributed by atoms with Crippen LogP contribution < -0.4 is 19.4 Å². The van der Waals surface area contributed by atoms with Gasteiger partial charge in [0.2, 0.25) is 23.6 Å². The van der Waals surface area contributed by atoms with Crippen LogP contribution in [-0.2, 0) is 19.2 Å². The molecule has 55 heavy (non-hydrogen) atoms. The van der Waals surface area contributed by atoms with Crippen LogP contribution >= 0.6 is 11.6 Å². The minimum Gasteiger partial charge on any atom is -0.508 e. The molecule has 280 valence electrons. The molecule has 11 nitrogen and oxygen atoms in total. The highest BCUT2D eigenvalue weighted by Gasteiger charge is 2.68. The van der Waals surface area contributed by atoms with Gasteiger partial charge in [-0.2, -0.15) is 10.2 Å². The highest BCUT2D eigenvalue weighted by Crippen LogP contribution is 2.64. The number of fused-ring (bicyclic) bond motifs is 4. The third-order valence-corrected chi connectivity index (χ3v) is 12.0. The Kier molecular flexibility index (Phi) is 8.83. The van der Waals surface area contributed by atoms with Crippen molar-refractivity contribution >= 4 is 63.7 Å². The maximum Gasteiger partial charge on any atom is 0.241 e. The van der Waals surface area contributed by atoms with Crippen molar-refractivity contribution in [1.82, 2.24) is 0 Å². The summed E-state index contributed by atoms with van der Waals surface area (Å²) in [6.45, 7) is 1.70. The van der Waals surface area contributed by atoms with Crippen LogP contribution in [0.1, 0.15) is 31.2 Å². The number of halogens is 2. The van der Waals surface area contributed by atoms with Gasteiger partial charge in [0.25, 0.3) is 0 Å². The minimum atomic E-state index is -1.43. The van der Waals surface area contributed by atoms with Crippen LogP contribution in [0.2, 0.25) is 5.02 Å². The van der Waals surface area contributed by atoms with Crippen LogP contribution in [0.25, 0.3) is 0 Å². The van der Waals surface area contributed by atoms with Gasteiger partial charge in [0.1, 0.15) is 17.3 Å². The van der Waals surface area contributed by atoms with E-state index in [1.54, 1.807) is 43.3 Å². The third-order valence-electron chi connectivity index (χ3n) is 11.7. The standard InChI is InChI=1S/C42H37ClFN5O6/c1-42-32(39(52)49(41(42)54)26-13-17-34(44)33(43)19-26)21-30-28(37(42)31-20-27(55-4)14-18-35(31)50)15-16-29-36(30)40(53)48(38(29)51)25-11-7-23(8-12-25)46-45-22-5-9-24(10-6-22)47(2)3/h5-15,17-20,29-30,32,36-37,50H,16,21H2,1-4H3. The first-order chi connectivity index (χ1) is 26.3. The van der Waals surface area contributed by atoms with E-state index >= 15 is 0 Å². The summed E-state index contributed by atoms with van der Waals surface area (Å²) >= 11 is 6.11. The van der Waals surface area contributed by atoms with Crippen LogP contribution in [0.3, 0.4) is 0 Å². The van der Waals surface area contributed by atoms with Gasteiger partial charge in [0, 0.05) is 31.3 Å².